The third-order valence-corrected chi connectivity index (χ3v) is 3.96. The lowest BCUT2D eigenvalue weighted by atomic mass is 9.99. The van der Waals surface area contributed by atoms with Gasteiger partial charge in [0, 0.05) is 12.0 Å². The minimum atomic E-state index is -0.212. The van der Waals surface area contributed by atoms with E-state index >= 15 is 0 Å². The Bertz CT molecular complexity index is 788. The van der Waals surface area contributed by atoms with Crippen LogP contribution in [-0.2, 0) is 16.0 Å². The highest BCUT2D eigenvalue weighted by Gasteiger charge is 2.18. The highest BCUT2D eigenvalue weighted by Crippen LogP contribution is 2.39. The molecule has 1 aromatic rings. The van der Waals surface area contributed by atoms with E-state index in [-0.39, 0.29) is 5.97 Å². The third-order valence-electron chi connectivity index (χ3n) is 3.96. The number of ether oxygens (including phenoxy) is 2. The van der Waals surface area contributed by atoms with E-state index in [0.29, 0.717) is 12.8 Å². The summed E-state index contributed by atoms with van der Waals surface area (Å²) in [6, 6.07) is 11.9. The van der Waals surface area contributed by atoms with E-state index in [1.165, 1.54) is 7.11 Å². The summed E-state index contributed by atoms with van der Waals surface area (Å²) in [4.78, 5) is 11.5. The summed E-state index contributed by atoms with van der Waals surface area (Å²) in [5.74, 6) is 0.591. The molecule has 1 aliphatic heterocycles. The second-order valence-electron chi connectivity index (χ2n) is 5.27. The molecule has 0 bridgehead atoms. The molecule has 0 amide bonds. The second-order valence-corrected chi connectivity index (χ2v) is 5.27. The molecule has 0 saturated carbocycles. The highest BCUT2D eigenvalue weighted by molar-refractivity contribution is 5.85. The van der Waals surface area contributed by atoms with Crippen molar-refractivity contribution >= 4 is 5.97 Å². The number of hydrogen-bond donors (Lipinski definition) is 0. The van der Waals surface area contributed by atoms with E-state index in [2.05, 4.69) is 6.07 Å². The van der Waals surface area contributed by atoms with Crippen LogP contribution in [0.25, 0.3) is 22.3 Å². The maximum absolute atomic E-state index is 11.5. The van der Waals surface area contributed by atoms with E-state index in [1.807, 2.05) is 30.3 Å². The highest BCUT2D eigenvalue weighted by atomic mass is 16.5. The van der Waals surface area contributed by atoms with Gasteiger partial charge in [0.2, 0.25) is 0 Å². The minimum absolute atomic E-state index is 0.212. The van der Waals surface area contributed by atoms with Crippen molar-refractivity contribution in [2.75, 3.05) is 14.2 Å². The van der Waals surface area contributed by atoms with Gasteiger partial charge in [-0.25, -0.2) is 0 Å². The average molecular weight is 310 g/mol. The van der Waals surface area contributed by atoms with Crippen LogP contribution in [0.2, 0.25) is 0 Å². The van der Waals surface area contributed by atoms with Crippen LogP contribution in [0.1, 0.15) is 12.0 Å². The van der Waals surface area contributed by atoms with Gasteiger partial charge in [-0.15, -0.1) is 0 Å². The molecule has 0 radical (unpaired) electrons. The standard InChI is InChI=1S/C19H18O4/c1-21-15-5-3-4-13(10-15)18-11-14-12-23-9-8-16(14)17(18)6-7-19(20)22-2/h3-5,8-12H,6-7H2,1-2H3. The van der Waals surface area contributed by atoms with Gasteiger partial charge in [-0.1, -0.05) is 12.1 Å². The first-order valence-electron chi connectivity index (χ1n) is 7.42. The first-order chi connectivity index (χ1) is 11.2. The SMILES string of the molecule is COC(=O)CCc1c2ccocc-2cc1-c1cccc(OC)c1. The van der Waals surface area contributed by atoms with Crippen molar-refractivity contribution in [2.45, 2.75) is 12.8 Å². The average Bonchev–Trinajstić information content (AvgIpc) is 2.98. The number of hydrogen-bond acceptors (Lipinski definition) is 4. The number of rotatable bonds is 5. The number of carbonyl (C=O) groups excluding carboxylic acids is 1. The summed E-state index contributed by atoms with van der Waals surface area (Å²) in [5.41, 5.74) is 5.38. The molecule has 2 aliphatic rings. The van der Waals surface area contributed by atoms with Gasteiger partial charge in [0.25, 0.3) is 0 Å². The van der Waals surface area contributed by atoms with Crippen LogP contribution >= 0.6 is 0 Å². The smallest absolute Gasteiger partial charge is 0.305 e. The monoisotopic (exact) mass is 310 g/mol. The van der Waals surface area contributed by atoms with E-state index < -0.39 is 0 Å². The van der Waals surface area contributed by atoms with Gasteiger partial charge in [0.15, 0.2) is 0 Å². The maximum atomic E-state index is 11.5. The lowest BCUT2D eigenvalue weighted by Crippen LogP contribution is -2.02. The van der Waals surface area contributed by atoms with Gasteiger partial charge >= 0.3 is 5.97 Å². The van der Waals surface area contributed by atoms with Crippen LogP contribution in [0.5, 0.6) is 5.75 Å². The Morgan fingerprint density at radius 3 is 2.74 bits per heavy atom. The molecule has 0 atom stereocenters. The van der Waals surface area contributed by atoms with Crippen molar-refractivity contribution in [3.05, 3.63) is 54.5 Å². The van der Waals surface area contributed by atoms with Crippen LogP contribution in [0, 0.1) is 0 Å². The zero-order chi connectivity index (χ0) is 16.2. The quantitative estimate of drug-likeness (QED) is 0.664. The molecule has 0 aromatic heterocycles. The van der Waals surface area contributed by atoms with Crippen LogP contribution in [0.15, 0.2) is 53.3 Å². The molecule has 1 heterocycles. The maximum Gasteiger partial charge on any atom is 0.305 e. The Morgan fingerprint density at radius 1 is 1.09 bits per heavy atom. The Hall–Kier alpha value is -2.75. The van der Waals surface area contributed by atoms with Gasteiger partial charge < -0.3 is 13.9 Å². The van der Waals surface area contributed by atoms with Crippen molar-refractivity contribution in [1.29, 1.82) is 0 Å². The predicted molar refractivity (Wildman–Crippen MR) is 87.7 cm³/mol. The van der Waals surface area contributed by atoms with Gasteiger partial charge in [0.05, 0.1) is 26.7 Å². The summed E-state index contributed by atoms with van der Waals surface area (Å²) < 4.78 is 15.3. The fraction of sp³-hybridized carbons (Fsp3) is 0.211. The van der Waals surface area contributed by atoms with E-state index in [4.69, 9.17) is 13.9 Å². The summed E-state index contributed by atoms with van der Waals surface area (Å²) in [6.45, 7) is 0. The van der Waals surface area contributed by atoms with Crippen LogP contribution in [0.3, 0.4) is 0 Å². The van der Waals surface area contributed by atoms with Gasteiger partial charge in [0.1, 0.15) is 5.75 Å². The first kappa shape index (κ1) is 15.2. The summed E-state index contributed by atoms with van der Waals surface area (Å²) in [7, 11) is 3.06. The number of carbonyl (C=O) groups is 1. The molecule has 118 valence electrons. The van der Waals surface area contributed by atoms with Crippen LogP contribution < -0.4 is 4.74 Å². The third kappa shape index (κ3) is 3.06. The lowest BCUT2D eigenvalue weighted by Gasteiger charge is -2.08. The van der Waals surface area contributed by atoms with Crippen LogP contribution in [0.4, 0.5) is 0 Å². The molecule has 1 aromatic carbocycles. The van der Waals surface area contributed by atoms with E-state index in [1.54, 1.807) is 19.6 Å². The molecule has 0 N–H and O–H groups in total. The lowest BCUT2D eigenvalue weighted by molar-refractivity contribution is -0.140. The molecular weight excluding hydrogens is 292 g/mol. The topological polar surface area (TPSA) is 48.7 Å². The van der Waals surface area contributed by atoms with Crippen molar-refractivity contribution in [1.82, 2.24) is 0 Å². The Balaban J connectivity index is 2.07. The summed E-state index contributed by atoms with van der Waals surface area (Å²) >= 11 is 0. The van der Waals surface area contributed by atoms with Gasteiger partial charge in [-0.3, -0.25) is 4.79 Å². The van der Waals surface area contributed by atoms with E-state index in [9.17, 15) is 4.79 Å². The summed E-state index contributed by atoms with van der Waals surface area (Å²) in [6.07, 6.45) is 4.34. The van der Waals surface area contributed by atoms with Crippen molar-refractivity contribution in [3.8, 4) is 28.0 Å². The normalized spacial score (nSPS) is 10.7. The molecule has 0 unspecified atom stereocenters. The zero-order valence-corrected chi connectivity index (χ0v) is 13.2. The predicted octanol–water partition coefficient (Wildman–Crippen LogP) is 4.17. The Kier molecular flexibility index (Phi) is 4.33. The molecule has 0 saturated heterocycles. The van der Waals surface area contributed by atoms with Crippen LogP contribution in [-0.4, -0.2) is 20.2 Å². The number of esters is 1. The molecule has 0 spiro atoms. The zero-order valence-electron chi connectivity index (χ0n) is 13.2. The Morgan fingerprint density at radius 2 is 1.96 bits per heavy atom. The fourth-order valence-corrected chi connectivity index (χ4v) is 2.80. The Labute approximate surface area is 135 Å². The molecule has 23 heavy (non-hydrogen) atoms. The number of benzene rings is 1. The second kappa shape index (κ2) is 6.57. The molecule has 3 rings (SSSR count). The fourth-order valence-electron chi connectivity index (χ4n) is 2.80. The van der Waals surface area contributed by atoms with Crippen molar-refractivity contribution in [2.24, 2.45) is 0 Å². The molecular formula is C19H18O4. The largest absolute Gasteiger partial charge is 0.497 e. The number of methoxy groups -OCH3 is 2. The number of fused-ring (bicyclic) bond motifs is 1. The molecule has 4 nitrogen and oxygen atoms in total. The van der Waals surface area contributed by atoms with Gasteiger partial charge in [-0.05, 0) is 52.9 Å². The van der Waals surface area contributed by atoms with Crippen molar-refractivity contribution < 1.29 is 18.7 Å². The molecule has 4 heteroatoms. The first-order valence-corrected chi connectivity index (χ1v) is 7.42. The molecule has 0 fully saturated rings. The van der Waals surface area contributed by atoms with Crippen molar-refractivity contribution in [3.63, 3.8) is 0 Å². The summed E-state index contributed by atoms with van der Waals surface area (Å²) in [5, 5.41) is 0. The molecule has 1 aliphatic carbocycles. The van der Waals surface area contributed by atoms with E-state index in [0.717, 1.165) is 33.6 Å². The minimum Gasteiger partial charge on any atom is -0.497 e. The van der Waals surface area contributed by atoms with Gasteiger partial charge in [-0.2, -0.15) is 0 Å².